The van der Waals surface area contributed by atoms with Crippen LogP contribution in [0, 0.1) is 0 Å². The Morgan fingerprint density at radius 2 is 2.33 bits per heavy atom. The fourth-order valence-electron chi connectivity index (χ4n) is 1.24. The number of hydrogen-bond donors (Lipinski definition) is 2. The topological polar surface area (TPSA) is 54.7 Å². The molecule has 0 saturated carbocycles. The lowest BCUT2D eigenvalue weighted by Crippen LogP contribution is -1.99. The van der Waals surface area contributed by atoms with Crippen LogP contribution in [0.2, 0.25) is 5.02 Å². The summed E-state index contributed by atoms with van der Waals surface area (Å²) in [5.74, 6) is 0. The minimum absolute atomic E-state index is 0.433. The van der Waals surface area contributed by atoms with Gasteiger partial charge in [0.15, 0.2) is 5.16 Å². The fraction of sp³-hybridized carbons (Fsp3) is 0.100. The predicted octanol–water partition coefficient (Wildman–Crippen LogP) is 2.67. The van der Waals surface area contributed by atoms with E-state index in [4.69, 9.17) is 17.3 Å². The molecule has 0 unspecified atom stereocenters. The molecule has 1 heterocycles. The van der Waals surface area contributed by atoms with Crippen LogP contribution in [-0.4, -0.2) is 9.97 Å². The molecule has 0 fully saturated rings. The maximum Gasteiger partial charge on any atom is 0.170 e. The minimum Gasteiger partial charge on any atom is -0.339 e. The van der Waals surface area contributed by atoms with Gasteiger partial charge in [0.25, 0.3) is 0 Å². The first-order valence-electron chi connectivity index (χ1n) is 4.46. The van der Waals surface area contributed by atoms with Crippen LogP contribution in [0.3, 0.4) is 0 Å². The van der Waals surface area contributed by atoms with Gasteiger partial charge in [0.2, 0.25) is 0 Å². The van der Waals surface area contributed by atoms with Crippen LogP contribution in [-0.2, 0) is 6.54 Å². The normalized spacial score (nSPS) is 10.5. The first kappa shape index (κ1) is 10.5. The summed E-state index contributed by atoms with van der Waals surface area (Å²) >= 11 is 7.57. The molecular formula is C10H10ClN3S. The number of benzene rings is 1. The Hall–Kier alpha value is -0.970. The van der Waals surface area contributed by atoms with E-state index >= 15 is 0 Å². The van der Waals surface area contributed by atoms with E-state index in [0.717, 1.165) is 15.6 Å². The Bertz CT molecular complexity index is 442. The largest absolute Gasteiger partial charge is 0.339 e. The second-order valence-corrected chi connectivity index (χ2v) is 4.35. The molecule has 0 atom stereocenters. The SMILES string of the molecule is NCc1c(Cl)cccc1Sc1ncc[nH]1. The van der Waals surface area contributed by atoms with E-state index in [0.29, 0.717) is 11.6 Å². The molecule has 0 amide bonds. The summed E-state index contributed by atoms with van der Waals surface area (Å²) in [6, 6.07) is 5.74. The zero-order chi connectivity index (χ0) is 10.7. The van der Waals surface area contributed by atoms with Gasteiger partial charge in [-0.3, -0.25) is 0 Å². The van der Waals surface area contributed by atoms with Gasteiger partial charge in [-0.15, -0.1) is 0 Å². The number of aromatic amines is 1. The average molecular weight is 240 g/mol. The molecule has 78 valence electrons. The summed E-state index contributed by atoms with van der Waals surface area (Å²) in [5.41, 5.74) is 6.61. The highest BCUT2D eigenvalue weighted by atomic mass is 35.5. The second-order valence-electron chi connectivity index (χ2n) is 2.92. The van der Waals surface area contributed by atoms with Crippen molar-refractivity contribution < 1.29 is 0 Å². The fourth-order valence-corrected chi connectivity index (χ4v) is 2.46. The molecule has 3 nitrogen and oxygen atoms in total. The molecular weight excluding hydrogens is 230 g/mol. The van der Waals surface area contributed by atoms with E-state index in [9.17, 15) is 0 Å². The minimum atomic E-state index is 0.433. The molecule has 0 saturated heterocycles. The lowest BCUT2D eigenvalue weighted by Gasteiger charge is -2.07. The standard InChI is InChI=1S/C10H10ClN3S/c11-8-2-1-3-9(7(8)6-12)15-10-13-4-5-14-10/h1-5H,6,12H2,(H,13,14). The van der Waals surface area contributed by atoms with Gasteiger partial charge in [0.1, 0.15) is 0 Å². The maximum absolute atomic E-state index is 6.05. The Balaban J connectivity index is 2.32. The molecule has 5 heteroatoms. The summed E-state index contributed by atoms with van der Waals surface area (Å²) in [6.07, 6.45) is 3.50. The third-order valence-corrected chi connectivity index (χ3v) is 3.33. The van der Waals surface area contributed by atoms with Crippen molar-refractivity contribution in [1.29, 1.82) is 0 Å². The third kappa shape index (κ3) is 2.34. The highest BCUT2D eigenvalue weighted by molar-refractivity contribution is 7.99. The molecule has 0 radical (unpaired) electrons. The van der Waals surface area contributed by atoms with Crippen molar-refractivity contribution in [2.24, 2.45) is 5.73 Å². The number of rotatable bonds is 3. The number of imidazole rings is 1. The quantitative estimate of drug-likeness (QED) is 0.866. The van der Waals surface area contributed by atoms with Gasteiger partial charge in [-0.2, -0.15) is 0 Å². The second kappa shape index (κ2) is 4.70. The van der Waals surface area contributed by atoms with Crippen LogP contribution in [0.25, 0.3) is 0 Å². The van der Waals surface area contributed by atoms with Crippen molar-refractivity contribution >= 4 is 23.4 Å². The molecule has 0 aliphatic heterocycles. The summed E-state index contributed by atoms with van der Waals surface area (Å²) < 4.78 is 0. The zero-order valence-electron chi connectivity index (χ0n) is 7.90. The lowest BCUT2D eigenvalue weighted by molar-refractivity contribution is 1.01. The van der Waals surface area contributed by atoms with Gasteiger partial charge in [0.05, 0.1) is 0 Å². The number of nitrogens with one attached hydrogen (secondary N) is 1. The van der Waals surface area contributed by atoms with Crippen molar-refractivity contribution in [1.82, 2.24) is 9.97 Å². The highest BCUT2D eigenvalue weighted by Gasteiger charge is 2.07. The van der Waals surface area contributed by atoms with Crippen molar-refractivity contribution in [2.75, 3.05) is 0 Å². The van der Waals surface area contributed by atoms with E-state index in [1.54, 1.807) is 12.4 Å². The summed E-state index contributed by atoms with van der Waals surface area (Å²) in [6.45, 7) is 0.433. The number of nitrogens with two attached hydrogens (primary N) is 1. The molecule has 15 heavy (non-hydrogen) atoms. The van der Waals surface area contributed by atoms with E-state index in [-0.39, 0.29) is 0 Å². The van der Waals surface area contributed by atoms with Crippen LogP contribution in [0.15, 0.2) is 40.6 Å². The maximum atomic E-state index is 6.05. The van der Waals surface area contributed by atoms with Crippen molar-refractivity contribution in [3.8, 4) is 0 Å². The van der Waals surface area contributed by atoms with Crippen LogP contribution < -0.4 is 5.73 Å². The Morgan fingerprint density at radius 1 is 1.47 bits per heavy atom. The molecule has 0 aliphatic carbocycles. The van der Waals surface area contributed by atoms with E-state index in [1.807, 2.05) is 18.2 Å². The van der Waals surface area contributed by atoms with Crippen LogP contribution >= 0.6 is 23.4 Å². The van der Waals surface area contributed by atoms with E-state index < -0.39 is 0 Å². The first-order valence-corrected chi connectivity index (χ1v) is 5.65. The molecule has 0 bridgehead atoms. The van der Waals surface area contributed by atoms with Crippen LogP contribution in [0.4, 0.5) is 0 Å². The number of nitrogens with zero attached hydrogens (tertiary/aromatic N) is 1. The van der Waals surface area contributed by atoms with Crippen molar-refractivity contribution in [2.45, 2.75) is 16.6 Å². The van der Waals surface area contributed by atoms with Crippen LogP contribution in [0.5, 0.6) is 0 Å². The molecule has 1 aromatic carbocycles. The number of H-pyrrole nitrogens is 1. The first-order chi connectivity index (χ1) is 7.31. The van der Waals surface area contributed by atoms with E-state index in [2.05, 4.69) is 9.97 Å². The summed E-state index contributed by atoms with van der Waals surface area (Å²) in [4.78, 5) is 8.21. The van der Waals surface area contributed by atoms with Gasteiger partial charge in [-0.25, -0.2) is 4.98 Å². The van der Waals surface area contributed by atoms with Crippen molar-refractivity contribution in [3.63, 3.8) is 0 Å². The Labute approximate surface area is 97.0 Å². The van der Waals surface area contributed by atoms with Gasteiger partial charge >= 0.3 is 0 Å². The molecule has 0 spiro atoms. The monoisotopic (exact) mass is 239 g/mol. The Kier molecular flexibility index (Phi) is 3.30. The lowest BCUT2D eigenvalue weighted by atomic mass is 10.2. The molecule has 0 aliphatic rings. The predicted molar refractivity (Wildman–Crippen MR) is 62.1 cm³/mol. The number of halogens is 1. The number of hydrogen-bond acceptors (Lipinski definition) is 3. The smallest absolute Gasteiger partial charge is 0.170 e. The third-order valence-electron chi connectivity index (χ3n) is 1.96. The van der Waals surface area contributed by atoms with Gasteiger partial charge in [0, 0.05) is 28.9 Å². The zero-order valence-corrected chi connectivity index (χ0v) is 9.48. The van der Waals surface area contributed by atoms with Gasteiger partial charge in [-0.1, -0.05) is 29.4 Å². The molecule has 1 aromatic heterocycles. The summed E-state index contributed by atoms with van der Waals surface area (Å²) in [7, 11) is 0. The molecule has 3 N–H and O–H groups in total. The van der Waals surface area contributed by atoms with Gasteiger partial charge in [-0.05, 0) is 17.7 Å². The van der Waals surface area contributed by atoms with E-state index in [1.165, 1.54) is 11.8 Å². The number of aromatic nitrogens is 2. The average Bonchev–Trinajstić information content (AvgIpc) is 2.71. The molecule has 2 rings (SSSR count). The summed E-state index contributed by atoms with van der Waals surface area (Å²) in [5, 5.41) is 1.54. The van der Waals surface area contributed by atoms with Crippen LogP contribution in [0.1, 0.15) is 5.56 Å². The van der Waals surface area contributed by atoms with Crippen molar-refractivity contribution in [3.05, 3.63) is 41.2 Å². The Morgan fingerprint density at radius 3 is 3.00 bits per heavy atom. The van der Waals surface area contributed by atoms with Gasteiger partial charge < -0.3 is 10.7 Å². The molecule has 2 aromatic rings. The highest BCUT2D eigenvalue weighted by Crippen LogP contribution is 2.31.